The smallest absolute Gasteiger partial charge is 0.306 e. The Morgan fingerprint density at radius 3 is 2.63 bits per heavy atom. The maximum Gasteiger partial charge on any atom is 0.306 e. The van der Waals surface area contributed by atoms with Crippen molar-refractivity contribution < 1.29 is 9.90 Å². The molecule has 102 valence electrons. The molecule has 19 heavy (non-hydrogen) atoms. The lowest BCUT2D eigenvalue weighted by Gasteiger charge is -2.07. The van der Waals surface area contributed by atoms with Gasteiger partial charge in [-0.15, -0.1) is 0 Å². The Labute approximate surface area is 113 Å². The summed E-state index contributed by atoms with van der Waals surface area (Å²) >= 11 is 0. The number of rotatable bonds is 4. The van der Waals surface area contributed by atoms with Crippen LogP contribution >= 0.6 is 0 Å². The van der Waals surface area contributed by atoms with Crippen LogP contribution in [0.2, 0.25) is 0 Å². The van der Waals surface area contributed by atoms with Crippen molar-refractivity contribution >= 4 is 17.0 Å². The first-order valence-corrected chi connectivity index (χ1v) is 6.58. The molecule has 0 bridgehead atoms. The summed E-state index contributed by atoms with van der Waals surface area (Å²) in [5.74, 6) is 0.306. The second-order valence-electron chi connectivity index (χ2n) is 5.45. The monoisotopic (exact) mass is 260 g/mol. The topological polar surface area (TPSA) is 55.1 Å². The summed E-state index contributed by atoms with van der Waals surface area (Å²) in [4.78, 5) is 15.5. The number of carboxylic acids is 1. The molecule has 1 aromatic heterocycles. The Hall–Kier alpha value is -1.84. The predicted molar refractivity (Wildman–Crippen MR) is 75.3 cm³/mol. The van der Waals surface area contributed by atoms with Crippen molar-refractivity contribution in [3.05, 3.63) is 29.6 Å². The zero-order valence-corrected chi connectivity index (χ0v) is 11.8. The molecule has 0 fully saturated rings. The van der Waals surface area contributed by atoms with Crippen molar-refractivity contribution in [1.82, 2.24) is 9.55 Å². The quantitative estimate of drug-likeness (QED) is 0.919. The minimum Gasteiger partial charge on any atom is -0.481 e. The number of aryl methyl sites for hydroxylation is 1. The number of carbonyl (C=O) groups is 1. The molecule has 2 rings (SSSR count). The lowest BCUT2D eigenvalue weighted by Crippen LogP contribution is -2.12. The van der Waals surface area contributed by atoms with E-state index in [0.717, 1.165) is 22.4 Å². The van der Waals surface area contributed by atoms with Gasteiger partial charge in [0.1, 0.15) is 5.82 Å². The van der Waals surface area contributed by atoms with Crippen molar-refractivity contribution in [1.29, 1.82) is 0 Å². The van der Waals surface area contributed by atoms with E-state index in [4.69, 9.17) is 5.11 Å². The Balaban J connectivity index is 2.40. The molecule has 1 N–H and O–H groups in total. The molecular weight excluding hydrogens is 240 g/mol. The highest BCUT2D eigenvalue weighted by atomic mass is 16.4. The van der Waals surface area contributed by atoms with Crippen molar-refractivity contribution in [2.75, 3.05) is 0 Å². The third kappa shape index (κ3) is 2.62. The van der Waals surface area contributed by atoms with Gasteiger partial charge in [0.05, 0.1) is 17.0 Å². The van der Waals surface area contributed by atoms with E-state index in [0.29, 0.717) is 12.3 Å². The molecule has 0 saturated carbocycles. The maximum absolute atomic E-state index is 10.9. The molecule has 0 spiro atoms. The van der Waals surface area contributed by atoms with E-state index in [1.165, 1.54) is 0 Å². The number of imidazole rings is 1. The molecule has 1 aromatic carbocycles. The number of nitrogens with zero attached hydrogens (tertiary/aromatic N) is 2. The molecule has 0 radical (unpaired) electrons. The van der Waals surface area contributed by atoms with E-state index in [2.05, 4.69) is 23.4 Å². The minimum atomic E-state index is -0.757. The molecule has 0 amide bonds. The average molecular weight is 260 g/mol. The standard InChI is InChI=1S/C15H20N2O2/c1-9(2)14-16-12-6-5-11(7-10(3)15(18)19)8-13(12)17(14)4/h5-6,8-10H,7H2,1-4H3,(H,18,19). The van der Waals surface area contributed by atoms with Gasteiger partial charge in [-0.25, -0.2) is 4.98 Å². The molecule has 4 nitrogen and oxygen atoms in total. The van der Waals surface area contributed by atoms with Crippen molar-refractivity contribution in [2.24, 2.45) is 13.0 Å². The van der Waals surface area contributed by atoms with Gasteiger partial charge in [-0.3, -0.25) is 4.79 Å². The summed E-state index contributed by atoms with van der Waals surface area (Å²) in [6.45, 7) is 5.97. The van der Waals surface area contributed by atoms with Crippen LogP contribution in [-0.4, -0.2) is 20.6 Å². The van der Waals surface area contributed by atoms with E-state index in [1.807, 2.05) is 25.2 Å². The molecular formula is C15H20N2O2. The van der Waals surface area contributed by atoms with Gasteiger partial charge in [0.15, 0.2) is 0 Å². The summed E-state index contributed by atoms with van der Waals surface area (Å²) in [5, 5.41) is 8.97. The SMILES string of the molecule is CC(Cc1ccc2nc(C(C)C)n(C)c2c1)C(=O)O. The fraction of sp³-hybridized carbons (Fsp3) is 0.467. The van der Waals surface area contributed by atoms with Gasteiger partial charge in [-0.05, 0) is 24.1 Å². The molecule has 2 aromatic rings. The van der Waals surface area contributed by atoms with E-state index >= 15 is 0 Å². The fourth-order valence-corrected chi connectivity index (χ4v) is 2.34. The number of fused-ring (bicyclic) bond motifs is 1. The van der Waals surface area contributed by atoms with Gasteiger partial charge >= 0.3 is 5.97 Å². The lowest BCUT2D eigenvalue weighted by atomic mass is 10.0. The van der Waals surface area contributed by atoms with Crippen LogP contribution in [0.3, 0.4) is 0 Å². The highest BCUT2D eigenvalue weighted by molar-refractivity contribution is 5.77. The van der Waals surface area contributed by atoms with Gasteiger partial charge in [0, 0.05) is 13.0 Å². The molecule has 1 unspecified atom stereocenters. The fourth-order valence-electron chi connectivity index (χ4n) is 2.34. The highest BCUT2D eigenvalue weighted by Gasteiger charge is 2.14. The summed E-state index contributed by atoms with van der Waals surface area (Å²) in [5.41, 5.74) is 3.08. The molecule has 0 aliphatic carbocycles. The second kappa shape index (κ2) is 5.03. The minimum absolute atomic E-state index is 0.366. The van der Waals surface area contributed by atoms with E-state index in [-0.39, 0.29) is 5.92 Å². The molecule has 1 heterocycles. The van der Waals surface area contributed by atoms with Crippen molar-refractivity contribution in [3.8, 4) is 0 Å². The number of benzene rings is 1. The highest BCUT2D eigenvalue weighted by Crippen LogP contribution is 2.22. The zero-order valence-electron chi connectivity index (χ0n) is 11.8. The summed E-state index contributed by atoms with van der Waals surface area (Å²) in [7, 11) is 2.01. The average Bonchev–Trinajstić information content (AvgIpc) is 2.67. The third-order valence-electron chi connectivity index (χ3n) is 3.46. The molecule has 0 aliphatic rings. The molecule has 1 atom stereocenters. The van der Waals surface area contributed by atoms with Crippen LogP contribution in [0.5, 0.6) is 0 Å². The number of aromatic nitrogens is 2. The largest absolute Gasteiger partial charge is 0.481 e. The van der Waals surface area contributed by atoms with Gasteiger partial charge < -0.3 is 9.67 Å². The zero-order chi connectivity index (χ0) is 14.2. The van der Waals surface area contributed by atoms with Gasteiger partial charge in [0.2, 0.25) is 0 Å². The van der Waals surface area contributed by atoms with E-state index in [1.54, 1.807) is 6.92 Å². The summed E-state index contributed by atoms with van der Waals surface area (Å²) in [6.07, 6.45) is 0.549. The van der Waals surface area contributed by atoms with Crippen LogP contribution < -0.4 is 0 Å². The first-order chi connectivity index (χ1) is 8.90. The summed E-state index contributed by atoms with van der Waals surface area (Å²) in [6, 6.07) is 6.00. The van der Waals surface area contributed by atoms with Crippen LogP contribution in [0, 0.1) is 5.92 Å². The first kappa shape index (κ1) is 13.6. The maximum atomic E-state index is 10.9. The predicted octanol–water partition coefficient (Wildman–Crippen LogP) is 2.96. The Morgan fingerprint density at radius 1 is 1.37 bits per heavy atom. The molecule has 4 heteroatoms. The van der Waals surface area contributed by atoms with Crippen molar-refractivity contribution in [3.63, 3.8) is 0 Å². The van der Waals surface area contributed by atoms with Crippen LogP contribution in [-0.2, 0) is 18.3 Å². The Bertz CT molecular complexity index is 614. The normalized spacial score (nSPS) is 13.1. The van der Waals surface area contributed by atoms with Crippen LogP contribution in [0.1, 0.15) is 38.1 Å². The summed E-state index contributed by atoms with van der Waals surface area (Å²) < 4.78 is 2.09. The van der Waals surface area contributed by atoms with Gasteiger partial charge in [-0.1, -0.05) is 26.8 Å². The second-order valence-corrected chi connectivity index (χ2v) is 5.45. The number of hydrogen-bond donors (Lipinski definition) is 1. The Kier molecular flexibility index (Phi) is 3.60. The van der Waals surface area contributed by atoms with Crippen LogP contribution in [0.25, 0.3) is 11.0 Å². The van der Waals surface area contributed by atoms with E-state index in [9.17, 15) is 4.79 Å². The number of carboxylic acid groups (broad SMARTS) is 1. The van der Waals surface area contributed by atoms with Gasteiger partial charge in [0.25, 0.3) is 0 Å². The van der Waals surface area contributed by atoms with E-state index < -0.39 is 5.97 Å². The molecule has 0 saturated heterocycles. The Morgan fingerprint density at radius 2 is 2.05 bits per heavy atom. The van der Waals surface area contributed by atoms with Crippen molar-refractivity contribution in [2.45, 2.75) is 33.1 Å². The third-order valence-corrected chi connectivity index (χ3v) is 3.46. The van der Waals surface area contributed by atoms with Crippen LogP contribution in [0.4, 0.5) is 0 Å². The first-order valence-electron chi connectivity index (χ1n) is 6.58. The van der Waals surface area contributed by atoms with Gasteiger partial charge in [-0.2, -0.15) is 0 Å². The molecule has 0 aliphatic heterocycles. The van der Waals surface area contributed by atoms with Crippen LogP contribution in [0.15, 0.2) is 18.2 Å². The number of aliphatic carboxylic acids is 1. The number of hydrogen-bond acceptors (Lipinski definition) is 2. The lowest BCUT2D eigenvalue weighted by molar-refractivity contribution is -0.141.